The molecule has 1 aromatic heterocycles. The number of rotatable bonds is 5. The Labute approximate surface area is 207 Å². The van der Waals surface area contributed by atoms with Crippen molar-refractivity contribution in [1.82, 2.24) is 14.9 Å². The topological polar surface area (TPSA) is 67.8 Å². The van der Waals surface area contributed by atoms with Crippen LogP contribution in [0.25, 0.3) is 0 Å². The molecule has 0 spiro atoms. The number of hydrogen-bond acceptors (Lipinski definition) is 7. The summed E-state index contributed by atoms with van der Waals surface area (Å²) in [6, 6.07) is 19.4. The third-order valence-corrected chi connectivity index (χ3v) is 7.74. The summed E-state index contributed by atoms with van der Waals surface area (Å²) in [5.74, 6) is 1.64. The highest BCUT2D eigenvalue weighted by molar-refractivity contribution is 5.65. The van der Waals surface area contributed by atoms with Crippen LogP contribution in [-0.4, -0.2) is 64.8 Å². The van der Waals surface area contributed by atoms with E-state index in [9.17, 15) is 5.11 Å². The molecule has 182 valence electrons. The third kappa shape index (κ3) is 4.83. The molecule has 0 radical (unpaired) electrons. The van der Waals surface area contributed by atoms with Gasteiger partial charge in [0.1, 0.15) is 18.0 Å². The molecule has 0 saturated carbocycles. The first-order valence-electron chi connectivity index (χ1n) is 12.9. The summed E-state index contributed by atoms with van der Waals surface area (Å²) < 4.78 is 0. The first-order chi connectivity index (χ1) is 17.2. The van der Waals surface area contributed by atoms with Gasteiger partial charge in [0.15, 0.2) is 0 Å². The minimum atomic E-state index is -0.405. The lowest BCUT2D eigenvalue weighted by atomic mass is 9.94. The number of nitrogens with one attached hydrogen (secondary N) is 1. The maximum absolute atomic E-state index is 11.1. The number of β-amino-alcohol motifs (C(OH)–C–C–N with tert-alkyl or cyclic N) is 1. The summed E-state index contributed by atoms with van der Waals surface area (Å²) in [6.45, 7) is 5.66. The van der Waals surface area contributed by atoms with Crippen LogP contribution in [0.2, 0.25) is 0 Å². The van der Waals surface area contributed by atoms with Crippen molar-refractivity contribution in [3.8, 4) is 0 Å². The van der Waals surface area contributed by atoms with Gasteiger partial charge in [-0.3, -0.25) is 4.90 Å². The number of aliphatic hydroxyl groups excluding tert-OH is 1. The van der Waals surface area contributed by atoms with Gasteiger partial charge in [0.25, 0.3) is 0 Å². The molecule has 3 aliphatic heterocycles. The van der Waals surface area contributed by atoms with Gasteiger partial charge < -0.3 is 20.2 Å². The molecular formula is C28H34N6O. The van der Waals surface area contributed by atoms with Gasteiger partial charge in [0, 0.05) is 62.8 Å². The lowest BCUT2D eigenvalue weighted by molar-refractivity contribution is 0.0293. The number of nitrogens with zero attached hydrogens (tertiary/aromatic N) is 5. The molecule has 35 heavy (non-hydrogen) atoms. The molecule has 0 aliphatic carbocycles. The molecule has 2 aromatic carbocycles. The summed E-state index contributed by atoms with van der Waals surface area (Å²) in [4.78, 5) is 16.1. The second kappa shape index (κ2) is 9.84. The van der Waals surface area contributed by atoms with Gasteiger partial charge in [-0.2, -0.15) is 0 Å². The molecule has 2 N–H and O–H groups in total. The van der Waals surface area contributed by atoms with Crippen LogP contribution in [-0.2, 0) is 13.0 Å². The Bertz CT molecular complexity index is 1160. The zero-order chi connectivity index (χ0) is 23.6. The molecule has 7 nitrogen and oxygen atoms in total. The predicted molar refractivity (Wildman–Crippen MR) is 140 cm³/mol. The summed E-state index contributed by atoms with van der Waals surface area (Å²) in [6.07, 6.45) is 5.72. The number of piperidine rings is 1. The zero-order valence-electron chi connectivity index (χ0n) is 20.2. The monoisotopic (exact) mass is 470 g/mol. The van der Waals surface area contributed by atoms with Crippen molar-refractivity contribution in [3.05, 3.63) is 72.1 Å². The summed E-state index contributed by atoms with van der Waals surface area (Å²) >= 11 is 0. The highest BCUT2D eigenvalue weighted by atomic mass is 16.3. The molecule has 4 heterocycles. The smallest absolute Gasteiger partial charge is 0.135 e. The van der Waals surface area contributed by atoms with E-state index < -0.39 is 6.10 Å². The lowest BCUT2D eigenvalue weighted by Gasteiger charge is -2.43. The molecule has 3 aromatic rings. The number of fused-ring (bicyclic) bond motifs is 1. The molecule has 2 fully saturated rings. The molecule has 6 rings (SSSR count). The Kier molecular flexibility index (Phi) is 6.27. The maximum Gasteiger partial charge on any atom is 0.135 e. The standard InChI is InChI=1S/C28H34N6O/c35-26-19-34(15-11-25(26)33-14-10-21-6-1-2-7-22(21)18-33)28-17-27(29-20-30-28)31-23-8-5-9-24(16-23)32-12-3-4-13-32/h1-2,5-9,16-17,20,25-26,35H,3-4,10-15,18-19H2,(H,29,30,31)/t25-,26-/m1/s1. The summed E-state index contributed by atoms with van der Waals surface area (Å²) in [5, 5.41) is 14.5. The van der Waals surface area contributed by atoms with Crippen molar-refractivity contribution in [1.29, 1.82) is 0 Å². The molecule has 7 heteroatoms. The van der Waals surface area contributed by atoms with E-state index in [1.165, 1.54) is 29.7 Å². The van der Waals surface area contributed by atoms with Crippen LogP contribution in [0, 0.1) is 0 Å². The Morgan fingerprint density at radius 1 is 0.857 bits per heavy atom. The van der Waals surface area contributed by atoms with Crippen molar-refractivity contribution in [2.75, 3.05) is 47.8 Å². The average Bonchev–Trinajstić information content (AvgIpc) is 3.44. The number of anilines is 4. The van der Waals surface area contributed by atoms with Crippen LogP contribution in [0.3, 0.4) is 0 Å². The van der Waals surface area contributed by atoms with Crippen molar-refractivity contribution in [2.24, 2.45) is 0 Å². The van der Waals surface area contributed by atoms with Gasteiger partial charge in [-0.05, 0) is 55.0 Å². The van der Waals surface area contributed by atoms with Crippen LogP contribution in [0.5, 0.6) is 0 Å². The minimum Gasteiger partial charge on any atom is -0.390 e. The van der Waals surface area contributed by atoms with Crippen LogP contribution >= 0.6 is 0 Å². The Morgan fingerprint density at radius 3 is 2.57 bits per heavy atom. The van der Waals surface area contributed by atoms with Gasteiger partial charge in [0.2, 0.25) is 0 Å². The van der Waals surface area contributed by atoms with E-state index in [-0.39, 0.29) is 6.04 Å². The van der Waals surface area contributed by atoms with E-state index in [2.05, 4.69) is 78.5 Å². The quantitative estimate of drug-likeness (QED) is 0.588. The second-order valence-electron chi connectivity index (χ2n) is 9.99. The zero-order valence-corrected chi connectivity index (χ0v) is 20.2. The van der Waals surface area contributed by atoms with E-state index in [0.717, 1.165) is 62.9 Å². The molecule has 0 unspecified atom stereocenters. The van der Waals surface area contributed by atoms with Gasteiger partial charge in [0.05, 0.1) is 6.10 Å². The van der Waals surface area contributed by atoms with Gasteiger partial charge in [-0.15, -0.1) is 0 Å². The molecule has 0 amide bonds. The van der Waals surface area contributed by atoms with Crippen LogP contribution in [0.1, 0.15) is 30.4 Å². The largest absolute Gasteiger partial charge is 0.390 e. The fourth-order valence-electron chi connectivity index (χ4n) is 5.85. The summed E-state index contributed by atoms with van der Waals surface area (Å²) in [5.41, 5.74) is 5.13. The highest BCUT2D eigenvalue weighted by Gasteiger charge is 2.34. The average molecular weight is 471 g/mol. The second-order valence-corrected chi connectivity index (χ2v) is 9.99. The van der Waals surface area contributed by atoms with Crippen molar-refractivity contribution < 1.29 is 5.11 Å². The highest BCUT2D eigenvalue weighted by Crippen LogP contribution is 2.29. The summed E-state index contributed by atoms with van der Waals surface area (Å²) in [7, 11) is 0. The molecule has 2 saturated heterocycles. The van der Waals surface area contributed by atoms with E-state index in [1.807, 2.05) is 6.07 Å². The first-order valence-corrected chi connectivity index (χ1v) is 12.9. The molecule has 3 aliphatic rings. The Balaban J connectivity index is 1.10. The van der Waals surface area contributed by atoms with Crippen LogP contribution < -0.4 is 15.1 Å². The SMILES string of the molecule is O[C@@H]1CN(c2cc(Nc3cccc(N4CCCC4)c3)ncn2)CC[C@H]1N1CCc2ccccc2C1. The van der Waals surface area contributed by atoms with Crippen LogP contribution in [0.15, 0.2) is 60.9 Å². The van der Waals surface area contributed by atoms with Gasteiger partial charge in [-0.25, -0.2) is 9.97 Å². The minimum absolute atomic E-state index is 0.187. The van der Waals surface area contributed by atoms with Crippen molar-refractivity contribution in [2.45, 2.75) is 44.4 Å². The maximum atomic E-state index is 11.1. The normalized spacial score (nSPS) is 22.8. The molecular weight excluding hydrogens is 436 g/mol. The fourth-order valence-corrected chi connectivity index (χ4v) is 5.85. The number of aromatic nitrogens is 2. The third-order valence-electron chi connectivity index (χ3n) is 7.74. The number of hydrogen-bond donors (Lipinski definition) is 2. The predicted octanol–water partition coefficient (Wildman–Crippen LogP) is 3.82. The van der Waals surface area contributed by atoms with E-state index in [0.29, 0.717) is 6.54 Å². The molecule has 2 atom stereocenters. The van der Waals surface area contributed by atoms with Crippen LogP contribution in [0.4, 0.5) is 23.0 Å². The van der Waals surface area contributed by atoms with E-state index >= 15 is 0 Å². The first kappa shape index (κ1) is 22.3. The van der Waals surface area contributed by atoms with Crippen molar-refractivity contribution >= 4 is 23.0 Å². The van der Waals surface area contributed by atoms with Gasteiger partial charge in [-0.1, -0.05) is 30.3 Å². The van der Waals surface area contributed by atoms with Gasteiger partial charge >= 0.3 is 0 Å². The van der Waals surface area contributed by atoms with E-state index in [1.54, 1.807) is 6.33 Å². The lowest BCUT2D eigenvalue weighted by Crippen LogP contribution is -2.55. The molecule has 0 bridgehead atoms. The Hall–Kier alpha value is -3.16. The number of aliphatic hydroxyl groups is 1. The van der Waals surface area contributed by atoms with E-state index in [4.69, 9.17) is 0 Å². The number of benzene rings is 2. The van der Waals surface area contributed by atoms with Crippen molar-refractivity contribution in [3.63, 3.8) is 0 Å². The fraction of sp³-hybridized carbons (Fsp3) is 0.429. The Morgan fingerprint density at radius 2 is 1.71 bits per heavy atom.